The molecule has 1 saturated heterocycles. The van der Waals surface area contributed by atoms with Crippen LogP contribution >= 0.6 is 0 Å². The van der Waals surface area contributed by atoms with Crippen molar-refractivity contribution in [1.82, 2.24) is 4.90 Å². The van der Waals surface area contributed by atoms with Crippen LogP contribution in [0.1, 0.15) is 17.2 Å². The minimum atomic E-state index is -0.335. The average molecular weight is 245 g/mol. The van der Waals surface area contributed by atoms with E-state index in [-0.39, 0.29) is 12.1 Å². The topological polar surface area (TPSA) is 62.3 Å². The second-order valence-electron chi connectivity index (χ2n) is 4.65. The zero-order valence-corrected chi connectivity index (χ0v) is 10.7. The van der Waals surface area contributed by atoms with Crippen molar-refractivity contribution in [3.63, 3.8) is 0 Å². The van der Waals surface area contributed by atoms with Crippen LogP contribution in [0.3, 0.4) is 0 Å². The third-order valence-electron chi connectivity index (χ3n) is 3.37. The Morgan fingerprint density at radius 3 is 2.83 bits per heavy atom. The summed E-state index contributed by atoms with van der Waals surface area (Å²) in [6.45, 7) is 4.68. The van der Waals surface area contributed by atoms with Gasteiger partial charge < -0.3 is 10.5 Å². The van der Waals surface area contributed by atoms with Gasteiger partial charge in [0.1, 0.15) is 0 Å². The van der Waals surface area contributed by atoms with E-state index in [1.165, 1.54) is 11.1 Å². The SMILES string of the molecule is Cc1ccc(C(CN)N2CCOC(C#N)C2)cc1. The van der Waals surface area contributed by atoms with Crippen molar-refractivity contribution in [2.24, 2.45) is 5.73 Å². The Bertz CT molecular complexity index is 424. The lowest BCUT2D eigenvalue weighted by molar-refractivity contribution is -0.0161. The first-order valence-corrected chi connectivity index (χ1v) is 6.26. The molecular weight excluding hydrogens is 226 g/mol. The normalized spacial score (nSPS) is 22.4. The third-order valence-corrected chi connectivity index (χ3v) is 3.37. The van der Waals surface area contributed by atoms with Gasteiger partial charge in [0.2, 0.25) is 0 Å². The van der Waals surface area contributed by atoms with E-state index in [1.807, 2.05) is 0 Å². The Morgan fingerprint density at radius 1 is 1.50 bits per heavy atom. The molecule has 1 heterocycles. The van der Waals surface area contributed by atoms with Crippen LogP contribution in [0, 0.1) is 18.3 Å². The first-order valence-electron chi connectivity index (χ1n) is 6.26. The quantitative estimate of drug-likeness (QED) is 0.869. The lowest BCUT2D eigenvalue weighted by Gasteiger charge is -2.36. The first-order chi connectivity index (χ1) is 8.74. The number of aryl methyl sites for hydroxylation is 1. The minimum absolute atomic E-state index is 0.172. The van der Waals surface area contributed by atoms with Crippen LogP contribution in [0.15, 0.2) is 24.3 Å². The van der Waals surface area contributed by atoms with Crippen molar-refractivity contribution in [1.29, 1.82) is 5.26 Å². The van der Waals surface area contributed by atoms with Gasteiger partial charge in [0.25, 0.3) is 0 Å². The maximum atomic E-state index is 8.94. The molecular formula is C14H19N3O. The number of nitrogens with two attached hydrogens (primary N) is 1. The highest BCUT2D eigenvalue weighted by atomic mass is 16.5. The Labute approximate surface area is 108 Å². The summed E-state index contributed by atoms with van der Waals surface area (Å²) < 4.78 is 5.36. The molecule has 1 aliphatic rings. The predicted molar refractivity (Wildman–Crippen MR) is 69.9 cm³/mol. The van der Waals surface area contributed by atoms with Gasteiger partial charge in [0, 0.05) is 25.7 Å². The first kappa shape index (κ1) is 13.0. The Kier molecular flexibility index (Phi) is 4.32. The molecule has 96 valence electrons. The monoisotopic (exact) mass is 245 g/mol. The van der Waals surface area contributed by atoms with Gasteiger partial charge in [0.05, 0.1) is 12.7 Å². The summed E-state index contributed by atoms with van der Waals surface area (Å²) in [6, 6.07) is 10.8. The molecule has 1 aromatic rings. The summed E-state index contributed by atoms with van der Waals surface area (Å²) in [5.74, 6) is 0. The van der Waals surface area contributed by atoms with E-state index in [9.17, 15) is 0 Å². The molecule has 2 rings (SSSR count). The van der Waals surface area contributed by atoms with Crippen LogP contribution in [-0.2, 0) is 4.74 Å². The Morgan fingerprint density at radius 2 is 2.22 bits per heavy atom. The van der Waals surface area contributed by atoms with E-state index in [4.69, 9.17) is 15.7 Å². The van der Waals surface area contributed by atoms with Crippen LogP contribution < -0.4 is 5.73 Å². The summed E-state index contributed by atoms with van der Waals surface area (Å²) in [7, 11) is 0. The van der Waals surface area contributed by atoms with E-state index in [0.29, 0.717) is 19.7 Å². The highest BCUT2D eigenvalue weighted by molar-refractivity contribution is 5.24. The smallest absolute Gasteiger partial charge is 0.156 e. The maximum absolute atomic E-state index is 8.94. The molecule has 0 radical (unpaired) electrons. The molecule has 0 saturated carbocycles. The van der Waals surface area contributed by atoms with Crippen LogP contribution in [0.25, 0.3) is 0 Å². The lowest BCUT2D eigenvalue weighted by Crippen LogP contribution is -2.45. The van der Waals surface area contributed by atoms with Gasteiger partial charge in [-0.25, -0.2) is 0 Å². The summed E-state index contributed by atoms with van der Waals surface area (Å²) >= 11 is 0. The number of nitrogens with zero attached hydrogens (tertiary/aromatic N) is 2. The Hall–Kier alpha value is -1.41. The van der Waals surface area contributed by atoms with Crippen molar-refractivity contribution in [3.05, 3.63) is 35.4 Å². The second kappa shape index (κ2) is 5.96. The zero-order chi connectivity index (χ0) is 13.0. The van der Waals surface area contributed by atoms with Gasteiger partial charge in [-0.3, -0.25) is 4.90 Å². The second-order valence-corrected chi connectivity index (χ2v) is 4.65. The molecule has 4 heteroatoms. The average Bonchev–Trinajstić information content (AvgIpc) is 2.42. The van der Waals surface area contributed by atoms with E-state index in [2.05, 4.69) is 42.2 Å². The summed E-state index contributed by atoms with van der Waals surface area (Å²) in [5, 5.41) is 8.94. The summed E-state index contributed by atoms with van der Waals surface area (Å²) in [4.78, 5) is 2.24. The molecule has 4 nitrogen and oxygen atoms in total. The van der Waals surface area contributed by atoms with Gasteiger partial charge in [0.15, 0.2) is 6.10 Å². The van der Waals surface area contributed by atoms with Crippen LogP contribution in [-0.4, -0.2) is 37.2 Å². The number of benzene rings is 1. The van der Waals surface area contributed by atoms with E-state index in [0.717, 1.165) is 6.54 Å². The predicted octanol–water partition coefficient (Wildman–Crippen LogP) is 1.22. The van der Waals surface area contributed by atoms with Gasteiger partial charge in [-0.15, -0.1) is 0 Å². The molecule has 0 spiro atoms. The number of nitriles is 1. The van der Waals surface area contributed by atoms with E-state index >= 15 is 0 Å². The summed E-state index contributed by atoms with van der Waals surface area (Å²) in [6.07, 6.45) is -0.335. The van der Waals surface area contributed by atoms with Gasteiger partial charge >= 0.3 is 0 Å². The maximum Gasteiger partial charge on any atom is 0.156 e. The van der Waals surface area contributed by atoms with Gasteiger partial charge in [-0.2, -0.15) is 5.26 Å². The van der Waals surface area contributed by atoms with Crippen molar-refractivity contribution >= 4 is 0 Å². The highest BCUT2D eigenvalue weighted by Gasteiger charge is 2.26. The molecule has 1 aliphatic heterocycles. The van der Waals surface area contributed by atoms with E-state index < -0.39 is 0 Å². The molecule has 2 N–H and O–H groups in total. The van der Waals surface area contributed by atoms with Gasteiger partial charge in [-0.05, 0) is 12.5 Å². The Balaban J connectivity index is 2.13. The van der Waals surface area contributed by atoms with Crippen LogP contribution in [0.2, 0.25) is 0 Å². The molecule has 2 atom stereocenters. The van der Waals surface area contributed by atoms with Crippen LogP contribution in [0.5, 0.6) is 0 Å². The number of hydrogen-bond acceptors (Lipinski definition) is 4. The fraction of sp³-hybridized carbons (Fsp3) is 0.500. The number of rotatable bonds is 3. The molecule has 18 heavy (non-hydrogen) atoms. The largest absolute Gasteiger partial charge is 0.361 e. The zero-order valence-electron chi connectivity index (χ0n) is 10.7. The fourth-order valence-electron chi connectivity index (χ4n) is 2.31. The molecule has 0 aromatic heterocycles. The number of ether oxygens (including phenoxy) is 1. The number of morpholine rings is 1. The van der Waals surface area contributed by atoms with Gasteiger partial charge in [-0.1, -0.05) is 29.8 Å². The standard InChI is InChI=1S/C14H19N3O/c1-11-2-4-12(5-3-11)14(9-16)17-6-7-18-13(8-15)10-17/h2-5,13-14H,6-7,9-10,16H2,1H3. The van der Waals surface area contributed by atoms with Crippen molar-refractivity contribution in [2.45, 2.75) is 19.1 Å². The molecule has 0 amide bonds. The molecule has 0 aliphatic carbocycles. The lowest BCUT2D eigenvalue weighted by atomic mass is 10.0. The molecule has 0 bridgehead atoms. The van der Waals surface area contributed by atoms with Crippen LogP contribution in [0.4, 0.5) is 0 Å². The summed E-state index contributed by atoms with van der Waals surface area (Å²) in [5.41, 5.74) is 8.35. The van der Waals surface area contributed by atoms with Crippen molar-refractivity contribution in [2.75, 3.05) is 26.2 Å². The highest BCUT2D eigenvalue weighted by Crippen LogP contribution is 2.22. The minimum Gasteiger partial charge on any atom is -0.361 e. The third kappa shape index (κ3) is 2.88. The molecule has 1 fully saturated rings. The molecule has 1 aromatic carbocycles. The molecule has 2 unspecified atom stereocenters. The number of hydrogen-bond donors (Lipinski definition) is 1. The van der Waals surface area contributed by atoms with Crippen molar-refractivity contribution in [3.8, 4) is 6.07 Å². The fourth-order valence-corrected chi connectivity index (χ4v) is 2.31. The van der Waals surface area contributed by atoms with Crippen molar-refractivity contribution < 1.29 is 4.74 Å². The van der Waals surface area contributed by atoms with E-state index in [1.54, 1.807) is 0 Å².